The monoisotopic (exact) mass is 436 g/mol. The van der Waals surface area contributed by atoms with Crippen LogP contribution in [0.3, 0.4) is 0 Å². The first-order chi connectivity index (χ1) is 15.5. The maximum Gasteiger partial charge on any atom is 0.278 e. The molecule has 0 atom stereocenters. The molecule has 2 N–H and O–H groups in total. The molecule has 0 saturated heterocycles. The number of carbonyl (C=O) groups is 1. The minimum atomic E-state index is -0.617. The maximum absolute atomic E-state index is 13.7. The number of hydrogen-bond donors (Lipinski definition) is 2. The highest BCUT2D eigenvalue weighted by molar-refractivity contribution is 5.96. The summed E-state index contributed by atoms with van der Waals surface area (Å²) in [5.41, 5.74) is 3.86. The number of nitrogens with zero attached hydrogens (tertiary/aromatic N) is 3. The summed E-state index contributed by atoms with van der Waals surface area (Å²) in [5, 5.41) is 9.93. The van der Waals surface area contributed by atoms with Gasteiger partial charge in [0.1, 0.15) is 24.8 Å². The molecule has 32 heavy (non-hydrogen) atoms. The third-order valence-corrected chi connectivity index (χ3v) is 4.95. The molecular formula is C23H21FN4O4. The number of halogens is 1. The van der Waals surface area contributed by atoms with Crippen molar-refractivity contribution in [3.05, 3.63) is 100 Å². The molecule has 9 heteroatoms. The number of hydrogen-bond acceptors (Lipinski definition) is 6. The number of fused-ring (bicyclic) bond motifs is 1. The first-order valence-corrected chi connectivity index (χ1v) is 9.97. The second-order valence-electron chi connectivity index (χ2n) is 7.12. The van der Waals surface area contributed by atoms with Crippen LogP contribution in [0.4, 0.5) is 4.39 Å². The third kappa shape index (κ3) is 4.61. The molecule has 1 amide bonds. The van der Waals surface area contributed by atoms with Gasteiger partial charge in [-0.3, -0.25) is 19.2 Å². The molecule has 0 bridgehead atoms. The number of rotatable bonds is 7. The van der Waals surface area contributed by atoms with Crippen LogP contribution in [0.25, 0.3) is 0 Å². The number of benzene rings is 1. The number of aromatic nitrogens is 2. The van der Waals surface area contributed by atoms with E-state index in [0.29, 0.717) is 12.2 Å². The van der Waals surface area contributed by atoms with Crippen LogP contribution in [-0.2, 0) is 6.42 Å². The van der Waals surface area contributed by atoms with E-state index in [2.05, 4.69) is 10.4 Å². The van der Waals surface area contributed by atoms with E-state index in [1.165, 1.54) is 34.0 Å². The van der Waals surface area contributed by atoms with Crippen LogP contribution in [0.15, 0.2) is 71.8 Å². The van der Waals surface area contributed by atoms with Gasteiger partial charge in [0.25, 0.3) is 5.91 Å². The number of amides is 1. The van der Waals surface area contributed by atoms with Crippen LogP contribution in [0, 0.1) is 5.82 Å². The van der Waals surface area contributed by atoms with Crippen molar-refractivity contribution in [2.75, 3.05) is 25.2 Å². The normalized spacial score (nSPS) is 13.2. The molecule has 0 radical (unpaired) electrons. The van der Waals surface area contributed by atoms with Crippen LogP contribution < -0.4 is 15.6 Å². The Bertz CT molecular complexity index is 1210. The molecule has 1 aliphatic rings. The first kappa shape index (κ1) is 21.1. The van der Waals surface area contributed by atoms with Crippen LogP contribution in [0.5, 0.6) is 11.5 Å². The Morgan fingerprint density at radius 2 is 2.06 bits per heavy atom. The molecule has 0 saturated carbocycles. The molecule has 4 rings (SSSR count). The van der Waals surface area contributed by atoms with Crippen molar-refractivity contribution < 1.29 is 19.0 Å². The zero-order chi connectivity index (χ0) is 22.5. The highest BCUT2D eigenvalue weighted by Crippen LogP contribution is 2.22. The lowest BCUT2D eigenvalue weighted by Crippen LogP contribution is -2.46. The summed E-state index contributed by atoms with van der Waals surface area (Å²) in [7, 11) is 0. The van der Waals surface area contributed by atoms with Crippen molar-refractivity contribution in [1.29, 1.82) is 0 Å². The van der Waals surface area contributed by atoms with Gasteiger partial charge in [0.2, 0.25) is 5.43 Å². The van der Waals surface area contributed by atoms with Gasteiger partial charge < -0.3 is 20.2 Å². The molecule has 164 valence electrons. The van der Waals surface area contributed by atoms with Gasteiger partial charge >= 0.3 is 0 Å². The Hall–Kier alpha value is -4.14. The average Bonchev–Trinajstić information content (AvgIpc) is 2.79. The largest absolute Gasteiger partial charge is 0.502 e. The highest BCUT2D eigenvalue weighted by atomic mass is 19.1. The average molecular weight is 436 g/mol. The Morgan fingerprint density at radius 1 is 1.19 bits per heavy atom. The van der Waals surface area contributed by atoms with Crippen molar-refractivity contribution in [2.24, 2.45) is 0 Å². The number of carbonyl (C=O) groups excluding carboxylic acids is 1. The van der Waals surface area contributed by atoms with Crippen LogP contribution in [-0.4, -0.2) is 45.4 Å². The zero-order valence-corrected chi connectivity index (χ0v) is 17.1. The van der Waals surface area contributed by atoms with E-state index < -0.39 is 22.9 Å². The summed E-state index contributed by atoms with van der Waals surface area (Å²) in [5.74, 6) is -1.03. The maximum atomic E-state index is 13.7. The van der Waals surface area contributed by atoms with Crippen molar-refractivity contribution >= 4 is 5.91 Å². The lowest BCUT2D eigenvalue weighted by atomic mass is 10.1. The Kier molecular flexibility index (Phi) is 6.16. The molecule has 1 aromatic carbocycles. The zero-order valence-electron chi connectivity index (χ0n) is 17.1. The van der Waals surface area contributed by atoms with E-state index in [1.54, 1.807) is 24.4 Å². The first-order valence-electron chi connectivity index (χ1n) is 9.97. The summed E-state index contributed by atoms with van der Waals surface area (Å²) in [6.45, 7) is 0.620. The van der Waals surface area contributed by atoms with Crippen molar-refractivity contribution in [3.8, 4) is 11.5 Å². The summed E-state index contributed by atoms with van der Waals surface area (Å²) in [6.07, 6.45) is 7.06. The molecule has 0 aliphatic carbocycles. The SMILES string of the molecule is O=C1c2c(O)c(=O)ccn2NCN1C/C=C\COc1cc(F)ccc1Cc1ccccn1. The quantitative estimate of drug-likeness (QED) is 0.552. The molecule has 3 aromatic rings. The van der Waals surface area contributed by atoms with Gasteiger partial charge in [0.05, 0.1) is 0 Å². The van der Waals surface area contributed by atoms with Gasteiger partial charge in [-0.05, 0) is 24.3 Å². The molecule has 0 fully saturated rings. The lowest BCUT2D eigenvalue weighted by molar-refractivity contribution is 0.0741. The van der Waals surface area contributed by atoms with E-state index in [-0.39, 0.29) is 25.5 Å². The minimum absolute atomic E-state index is 0.104. The topological polar surface area (TPSA) is 96.7 Å². The van der Waals surface area contributed by atoms with Crippen LogP contribution >= 0.6 is 0 Å². The Labute approximate surface area is 183 Å². The smallest absolute Gasteiger partial charge is 0.278 e. The van der Waals surface area contributed by atoms with Crippen molar-refractivity contribution in [3.63, 3.8) is 0 Å². The van der Waals surface area contributed by atoms with E-state index in [1.807, 2.05) is 18.2 Å². The Morgan fingerprint density at radius 3 is 2.88 bits per heavy atom. The highest BCUT2D eigenvalue weighted by Gasteiger charge is 2.27. The second-order valence-corrected chi connectivity index (χ2v) is 7.12. The summed E-state index contributed by atoms with van der Waals surface area (Å²) in [4.78, 5) is 29.9. The predicted octanol–water partition coefficient (Wildman–Crippen LogP) is 2.27. The van der Waals surface area contributed by atoms with E-state index in [4.69, 9.17) is 4.74 Å². The number of nitrogens with one attached hydrogen (secondary N) is 1. The Balaban J connectivity index is 1.37. The molecule has 0 spiro atoms. The molecule has 0 unspecified atom stereocenters. The molecular weight excluding hydrogens is 415 g/mol. The predicted molar refractivity (Wildman–Crippen MR) is 116 cm³/mol. The van der Waals surface area contributed by atoms with Gasteiger partial charge in [-0.15, -0.1) is 0 Å². The molecule has 2 aromatic heterocycles. The van der Waals surface area contributed by atoms with Gasteiger partial charge in [0, 0.05) is 48.7 Å². The molecule has 1 aliphatic heterocycles. The molecule has 8 nitrogen and oxygen atoms in total. The van der Waals surface area contributed by atoms with Gasteiger partial charge in [0.15, 0.2) is 11.4 Å². The van der Waals surface area contributed by atoms with Crippen LogP contribution in [0.2, 0.25) is 0 Å². The fourth-order valence-electron chi connectivity index (χ4n) is 3.31. The molecule has 3 heterocycles. The summed E-state index contributed by atoms with van der Waals surface area (Å²) < 4.78 is 20.8. The number of ether oxygens (including phenoxy) is 1. The standard InChI is InChI=1S/C23H21FN4O4/c24-17-7-6-16(13-18-5-1-2-9-25-18)20(14-17)32-12-4-3-10-27-15-26-28-11-8-19(29)22(30)21(28)23(27)31/h1-9,11,14,26,30H,10,12-13,15H2/b4-3-. The summed E-state index contributed by atoms with van der Waals surface area (Å²) >= 11 is 0. The van der Waals surface area contributed by atoms with Gasteiger partial charge in [-0.1, -0.05) is 18.2 Å². The van der Waals surface area contributed by atoms with Gasteiger partial charge in [-0.2, -0.15) is 0 Å². The van der Waals surface area contributed by atoms with E-state index >= 15 is 0 Å². The lowest BCUT2D eigenvalue weighted by Gasteiger charge is -2.30. The van der Waals surface area contributed by atoms with Gasteiger partial charge in [-0.25, -0.2) is 4.39 Å². The number of aromatic hydroxyl groups is 1. The fourth-order valence-corrected chi connectivity index (χ4v) is 3.31. The minimum Gasteiger partial charge on any atom is -0.502 e. The summed E-state index contributed by atoms with van der Waals surface area (Å²) in [6, 6.07) is 11.2. The van der Waals surface area contributed by atoms with Crippen molar-refractivity contribution in [1.82, 2.24) is 14.6 Å². The third-order valence-electron chi connectivity index (χ3n) is 4.95. The van der Waals surface area contributed by atoms with Crippen molar-refractivity contribution in [2.45, 2.75) is 6.42 Å². The second kappa shape index (κ2) is 9.34. The van der Waals surface area contributed by atoms with E-state index in [9.17, 15) is 19.1 Å². The number of pyridine rings is 2. The fraction of sp³-hybridized carbons (Fsp3) is 0.174. The van der Waals surface area contributed by atoms with Crippen LogP contribution in [0.1, 0.15) is 21.7 Å². The van der Waals surface area contributed by atoms with E-state index in [0.717, 1.165) is 11.3 Å².